The van der Waals surface area contributed by atoms with E-state index in [-0.39, 0.29) is 11.1 Å². The first kappa shape index (κ1) is 16.6. The molecule has 118 valence electrons. The highest BCUT2D eigenvalue weighted by molar-refractivity contribution is 6.31. The summed E-state index contributed by atoms with van der Waals surface area (Å²) in [7, 11) is 0. The van der Waals surface area contributed by atoms with E-state index in [9.17, 15) is 4.39 Å². The molecule has 0 amide bonds. The van der Waals surface area contributed by atoms with Gasteiger partial charge in [0.2, 0.25) is 0 Å². The van der Waals surface area contributed by atoms with Crippen LogP contribution in [0.25, 0.3) is 0 Å². The van der Waals surface area contributed by atoms with Crippen molar-refractivity contribution in [3.05, 3.63) is 34.6 Å². The SMILES string of the molecule is CCOC1(C(Cc2cccc(F)c2Cl)NN)CCOCC1. The van der Waals surface area contributed by atoms with Crippen LogP contribution < -0.4 is 11.3 Å². The molecule has 0 spiro atoms. The van der Waals surface area contributed by atoms with Gasteiger partial charge in [-0.3, -0.25) is 11.3 Å². The predicted octanol–water partition coefficient (Wildman–Crippen LogP) is 2.44. The zero-order valence-corrected chi connectivity index (χ0v) is 13.0. The molecule has 21 heavy (non-hydrogen) atoms. The van der Waals surface area contributed by atoms with Gasteiger partial charge in [0.1, 0.15) is 5.82 Å². The Morgan fingerprint density at radius 2 is 2.19 bits per heavy atom. The van der Waals surface area contributed by atoms with Crippen molar-refractivity contribution >= 4 is 11.6 Å². The molecule has 1 aromatic rings. The molecule has 0 aromatic heterocycles. The topological polar surface area (TPSA) is 56.5 Å². The molecule has 1 atom stereocenters. The van der Waals surface area contributed by atoms with E-state index in [1.807, 2.05) is 13.0 Å². The van der Waals surface area contributed by atoms with Gasteiger partial charge in [-0.25, -0.2) is 4.39 Å². The molecule has 1 fully saturated rings. The van der Waals surface area contributed by atoms with Gasteiger partial charge in [0.25, 0.3) is 0 Å². The van der Waals surface area contributed by atoms with Gasteiger partial charge in [-0.2, -0.15) is 0 Å². The molecule has 6 heteroatoms. The second-order valence-corrected chi connectivity index (χ2v) is 5.62. The average Bonchev–Trinajstić information content (AvgIpc) is 2.50. The minimum absolute atomic E-state index is 0.149. The molecular weight excluding hydrogens is 295 g/mol. The number of nitrogens with one attached hydrogen (secondary N) is 1. The van der Waals surface area contributed by atoms with Crippen LogP contribution in [0, 0.1) is 5.82 Å². The summed E-state index contributed by atoms with van der Waals surface area (Å²) in [4.78, 5) is 0. The molecule has 0 aliphatic carbocycles. The van der Waals surface area contributed by atoms with Crippen LogP contribution in [0.15, 0.2) is 18.2 Å². The summed E-state index contributed by atoms with van der Waals surface area (Å²) >= 11 is 6.05. The third-order valence-corrected chi connectivity index (χ3v) is 4.49. The number of benzene rings is 1. The Labute approximate surface area is 129 Å². The summed E-state index contributed by atoms with van der Waals surface area (Å²) in [6.07, 6.45) is 2.01. The Hall–Kier alpha value is -0.720. The van der Waals surface area contributed by atoms with Crippen molar-refractivity contribution in [3.8, 4) is 0 Å². The molecule has 0 saturated carbocycles. The van der Waals surface area contributed by atoms with Crippen LogP contribution in [0.2, 0.25) is 5.02 Å². The Bertz CT molecular complexity index is 461. The minimum Gasteiger partial charge on any atom is -0.381 e. The summed E-state index contributed by atoms with van der Waals surface area (Å²) in [6, 6.07) is 4.67. The monoisotopic (exact) mass is 316 g/mol. The Kier molecular flexibility index (Phi) is 5.96. The highest BCUT2D eigenvalue weighted by Crippen LogP contribution is 2.32. The Morgan fingerprint density at radius 3 is 2.81 bits per heavy atom. The van der Waals surface area contributed by atoms with E-state index < -0.39 is 11.4 Å². The van der Waals surface area contributed by atoms with Gasteiger partial charge < -0.3 is 9.47 Å². The van der Waals surface area contributed by atoms with Gasteiger partial charge in [-0.1, -0.05) is 23.7 Å². The van der Waals surface area contributed by atoms with Crippen molar-refractivity contribution in [1.82, 2.24) is 5.43 Å². The summed E-state index contributed by atoms with van der Waals surface area (Å²) in [6.45, 7) is 3.82. The molecule has 3 N–H and O–H groups in total. The van der Waals surface area contributed by atoms with Crippen LogP contribution in [0.4, 0.5) is 4.39 Å². The maximum atomic E-state index is 13.6. The van der Waals surface area contributed by atoms with E-state index in [2.05, 4.69) is 5.43 Å². The first-order chi connectivity index (χ1) is 10.1. The van der Waals surface area contributed by atoms with Crippen LogP contribution in [-0.2, 0) is 15.9 Å². The van der Waals surface area contributed by atoms with Crippen molar-refractivity contribution in [2.45, 2.75) is 37.8 Å². The second kappa shape index (κ2) is 7.51. The van der Waals surface area contributed by atoms with Crippen LogP contribution in [-0.4, -0.2) is 31.5 Å². The van der Waals surface area contributed by atoms with Gasteiger partial charge in [0.05, 0.1) is 16.7 Å². The van der Waals surface area contributed by atoms with Gasteiger partial charge in [0, 0.05) is 32.7 Å². The fraction of sp³-hybridized carbons (Fsp3) is 0.600. The van der Waals surface area contributed by atoms with E-state index in [1.165, 1.54) is 6.07 Å². The first-order valence-corrected chi connectivity index (χ1v) is 7.61. The number of ether oxygens (including phenoxy) is 2. The lowest BCUT2D eigenvalue weighted by molar-refractivity contribution is -0.126. The molecular formula is C15H22ClFN2O2. The largest absolute Gasteiger partial charge is 0.381 e. The third-order valence-electron chi connectivity index (χ3n) is 4.06. The summed E-state index contributed by atoms with van der Waals surface area (Å²) in [5, 5.41) is 0.149. The first-order valence-electron chi connectivity index (χ1n) is 7.23. The van der Waals surface area contributed by atoms with Gasteiger partial charge in [-0.05, 0) is 25.0 Å². The number of rotatable bonds is 6. The standard InChI is InChI=1S/C15H22ClFN2O2/c1-2-21-15(6-8-20-9-7-15)13(19-18)10-11-4-3-5-12(17)14(11)16/h3-5,13,19H,2,6-10,18H2,1H3. The van der Waals surface area contributed by atoms with Crippen molar-refractivity contribution < 1.29 is 13.9 Å². The highest BCUT2D eigenvalue weighted by atomic mass is 35.5. The van der Waals surface area contributed by atoms with Gasteiger partial charge >= 0.3 is 0 Å². The molecule has 4 nitrogen and oxygen atoms in total. The maximum absolute atomic E-state index is 13.6. The zero-order chi connectivity index (χ0) is 15.3. The van der Waals surface area contributed by atoms with Crippen molar-refractivity contribution in [1.29, 1.82) is 0 Å². The van der Waals surface area contributed by atoms with E-state index in [4.69, 9.17) is 26.9 Å². The molecule has 1 aromatic carbocycles. The maximum Gasteiger partial charge on any atom is 0.142 e. The Morgan fingerprint density at radius 1 is 1.48 bits per heavy atom. The normalized spacial score (nSPS) is 19.4. The average molecular weight is 317 g/mol. The number of nitrogens with two attached hydrogens (primary N) is 1. The second-order valence-electron chi connectivity index (χ2n) is 5.25. The van der Waals surface area contributed by atoms with Crippen molar-refractivity contribution in [2.75, 3.05) is 19.8 Å². The lowest BCUT2D eigenvalue weighted by atomic mass is 9.83. The molecule has 1 aliphatic rings. The molecule has 1 heterocycles. The summed E-state index contributed by atoms with van der Waals surface area (Å²) in [5.41, 5.74) is 3.15. The van der Waals surface area contributed by atoms with Crippen LogP contribution >= 0.6 is 11.6 Å². The fourth-order valence-electron chi connectivity index (χ4n) is 2.92. The number of halogens is 2. The zero-order valence-electron chi connectivity index (χ0n) is 12.2. The van der Waals surface area contributed by atoms with E-state index in [0.29, 0.717) is 26.2 Å². The van der Waals surface area contributed by atoms with Gasteiger partial charge in [0.15, 0.2) is 0 Å². The lowest BCUT2D eigenvalue weighted by Crippen LogP contribution is -2.58. The summed E-state index contributed by atoms with van der Waals surface area (Å²) < 4.78 is 25.0. The Balaban J connectivity index is 2.22. The number of hydrogen-bond donors (Lipinski definition) is 2. The van der Waals surface area contributed by atoms with Crippen molar-refractivity contribution in [2.24, 2.45) is 5.84 Å². The van der Waals surface area contributed by atoms with Crippen LogP contribution in [0.1, 0.15) is 25.3 Å². The molecule has 1 unspecified atom stereocenters. The van der Waals surface area contributed by atoms with E-state index in [0.717, 1.165) is 18.4 Å². The molecule has 1 aliphatic heterocycles. The van der Waals surface area contributed by atoms with E-state index >= 15 is 0 Å². The number of hydrogen-bond acceptors (Lipinski definition) is 4. The highest BCUT2D eigenvalue weighted by Gasteiger charge is 2.41. The van der Waals surface area contributed by atoms with Crippen molar-refractivity contribution in [3.63, 3.8) is 0 Å². The van der Waals surface area contributed by atoms with Crippen LogP contribution in [0.3, 0.4) is 0 Å². The predicted molar refractivity (Wildman–Crippen MR) is 80.6 cm³/mol. The van der Waals surface area contributed by atoms with Crippen LogP contribution in [0.5, 0.6) is 0 Å². The molecule has 1 saturated heterocycles. The quantitative estimate of drug-likeness (QED) is 0.625. The minimum atomic E-state index is -0.414. The lowest BCUT2D eigenvalue weighted by Gasteiger charge is -2.43. The van der Waals surface area contributed by atoms with Gasteiger partial charge in [-0.15, -0.1) is 0 Å². The smallest absolute Gasteiger partial charge is 0.142 e. The molecule has 2 rings (SSSR count). The number of hydrazine groups is 1. The summed E-state index contributed by atoms with van der Waals surface area (Å²) in [5.74, 6) is 5.33. The third kappa shape index (κ3) is 3.73. The fourth-order valence-corrected chi connectivity index (χ4v) is 3.12. The molecule has 0 radical (unpaired) electrons. The molecule has 0 bridgehead atoms. The van der Waals surface area contributed by atoms with E-state index in [1.54, 1.807) is 6.07 Å².